The predicted octanol–water partition coefficient (Wildman–Crippen LogP) is 4.44. The first kappa shape index (κ1) is 19.9. The Morgan fingerprint density at radius 1 is 1.09 bits per heavy atom. The molecule has 1 unspecified atom stereocenters. The Kier molecular flexibility index (Phi) is 5.37. The fraction of sp³-hybridized carbons (Fsp3) is 0.200. The Labute approximate surface area is 184 Å². The van der Waals surface area contributed by atoms with Gasteiger partial charge in [-0.15, -0.1) is 0 Å². The van der Waals surface area contributed by atoms with Crippen molar-refractivity contribution in [2.24, 2.45) is 0 Å². The molecule has 0 spiro atoms. The summed E-state index contributed by atoms with van der Waals surface area (Å²) in [6.45, 7) is 1.14. The van der Waals surface area contributed by atoms with Crippen molar-refractivity contribution in [2.45, 2.75) is 25.6 Å². The summed E-state index contributed by atoms with van der Waals surface area (Å²) in [5.74, 6) is 1.09. The molecule has 1 atom stereocenters. The minimum Gasteiger partial charge on any atom is -0.492 e. The number of imidazole rings is 1. The molecule has 0 saturated heterocycles. The van der Waals surface area contributed by atoms with Crippen LogP contribution in [0, 0.1) is 0 Å². The number of rotatable bonds is 8. The van der Waals surface area contributed by atoms with Crippen LogP contribution < -0.4 is 14.2 Å². The largest absolute Gasteiger partial charge is 0.492 e. The van der Waals surface area contributed by atoms with Crippen molar-refractivity contribution in [3.63, 3.8) is 0 Å². The number of aliphatic carboxylic acids is 1. The minimum absolute atomic E-state index is 0.0587. The fourth-order valence-corrected chi connectivity index (χ4v) is 3.84. The molecule has 5 rings (SSSR count). The topological polar surface area (TPSA) is 82.3 Å². The van der Waals surface area contributed by atoms with E-state index in [0.717, 1.165) is 22.5 Å². The number of pyridine rings is 1. The van der Waals surface area contributed by atoms with Gasteiger partial charge in [-0.25, -0.2) is 4.98 Å². The second kappa shape index (κ2) is 8.63. The molecular weight excluding hydrogens is 408 g/mol. The van der Waals surface area contributed by atoms with E-state index >= 15 is 0 Å². The molecule has 0 fully saturated rings. The number of fused-ring (bicyclic) bond motifs is 2. The van der Waals surface area contributed by atoms with Crippen LogP contribution in [0.15, 0.2) is 73.1 Å². The average Bonchev–Trinajstić information content (AvgIpc) is 3.40. The monoisotopic (exact) mass is 430 g/mol. The summed E-state index contributed by atoms with van der Waals surface area (Å²) in [6, 6.07) is 19.3. The first-order chi connectivity index (χ1) is 15.7. The Morgan fingerprint density at radius 3 is 2.81 bits per heavy atom. The van der Waals surface area contributed by atoms with E-state index in [0.29, 0.717) is 30.5 Å². The second-order valence-electron chi connectivity index (χ2n) is 7.70. The number of ether oxygens (including phenoxy) is 3. The smallest absolute Gasteiger partial charge is 0.304 e. The first-order valence-electron chi connectivity index (χ1n) is 10.4. The summed E-state index contributed by atoms with van der Waals surface area (Å²) >= 11 is 0. The zero-order valence-corrected chi connectivity index (χ0v) is 17.3. The Bertz CT molecular complexity index is 1250. The molecule has 0 aliphatic carbocycles. The van der Waals surface area contributed by atoms with Gasteiger partial charge in [0.15, 0.2) is 11.4 Å². The van der Waals surface area contributed by atoms with Crippen LogP contribution in [0.25, 0.3) is 5.65 Å². The standard InChI is InChI=1S/C25H22N2O5/c28-24(29)11-18-15-32-23-12-20(8-9-21(18)23)30-16-19-13-27-10-4-7-22(25(27)26-19)31-14-17-5-2-1-3-6-17/h1-10,12-13,18H,11,14-16H2,(H,28,29). The van der Waals surface area contributed by atoms with Crippen LogP contribution in [-0.4, -0.2) is 27.1 Å². The van der Waals surface area contributed by atoms with Crippen molar-refractivity contribution >= 4 is 11.6 Å². The van der Waals surface area contributed by atoms with E-state index in [4.69, 9.17) is 19.3 Å². The summed E-state index contributed by atoms with van der Waals surface area (Å²) in [4.78, 5) is 15.7. The number of hydrogen-bond donors (Lipinski definition) is 1. The van der Waals surface area contributed by atoms with Crippen LogP contribution >= 0.6 is 0 Å². The number of nitrogens with zero attached hydrogens (tertiary/aromatic N) is 2. The zero-order valence-electron chi connectivity index (χ0n) is 17.3. The van der Waals surface area contributed by atoms with E-state index in [2.05, 4.69) is 4.98 Å². The van der Waals surface area contributed by atoms with E-state index in [1.54, 1.807) is 6.07 Å². The van der Waals surface area contributed by atoms with Crippen LogP contribution in [0.5, 0.6) is 17.2 Å². The van der Waals surface area contributed by atoms with Gasteiger partial charge in [-0.05, 0) is 23.8 Å². The van der Waals surface area contributed by atoms with Gasteiger partial charge in [-0.2, -0.15) is 0 Å². The highest BCUT2D eigenvalue weighted by Crippen LogP contribution is 2.38. The molecule has 7 nitrogen and oxygen atoms in total. The van der Waals surface area contributed by atoms with Crippen molar-refractivity contribution in [1.29, 1.82) is 0 Å². The normalized spacial score (nSPS) is 14.7. The molecule has 1 aliphatic rings. The van der Waals surface area contributed by atoms with Gasteiger partial charge in [0, 0.05) is 29.9 Å². The van der Waals surface area contributed by atoms with E-state index in [1.807, 2.05) is 71.4 Å². The molecule has 2 aromatic heterocycles. The van der Waals surface area contributed by atoms with Crippen LogP contribution in [0.3, 0.4) is 0 Å². The maximum Gasteiger partial charge on any atom is 0.304 e. The average molecular weight is 430 g/mol. The third-order valence-corrected chi connectivity index (χ3v) is 5.41. The Balaban J connectivity index is 1.27. The molecule has 2 aromatic carbocycles. The lowest BCUT2D eigenvalue weighted by Crippen LogP contribution is -2.07. The summed E-state index contributed by atoms with van der Waals surface area (Å²) in [5.41, 5.74) is 3.50. The highest BCUT2D eigenvalue weighted by molar-refractivity contribution is 5.68. The number of benzene rings is 2. The van der Waals surface area contributed by atoms with Gasteiger partial charge in [-0.3, -0.25) is 4.79 Å². The molecule has 0 saturated carbocycles. The maximum atomic E-state index is 11.0. The number of aromatic nitrogens is 2. The zero-order chi connectivity index (χ0) is 21.9. The number of carbonyl (C=O) groups is 1. The molecule has 0 amide bonds. The van der Waals surface area contributed by atoms with E-state index < -0.39 is 5.97 Å². The molecular formula is C25H22N2O5. The van der Waals surface area contributed by atoms with Crippen molar-refractivity contribution in [3.8, 4) is 17.2 Å². The molecule has 1 aliphatic heterocycles. The van der Waals surface area contributed by atoms with Crippen LogP contribution in [0.2, 0.25) is 0 Å². The molecule has 162 valence electrons. The first-order valence-corrected chi connectivity index (χ1v) is 10.4. The predicted molar refractivity (Wildman–Crippen MR) is 117 cm³/mol. The van der Waals surface area contributed by atoms with Crippen LogP contribution in [0.4, 0.5) is 0 Å². The summed E-state index contributed by atoms with van der Waals surface area (Å²) in [6.07, 6.45) is 3.90. The van der Waals surface area contributed by atoms with Gasteiger partial charge in [0.2, 0.25) is 0 Å². The SMILES string of the molecule is O=C(O)CC1COc2cc(OCc3cn4cccc(OCc5ccccc5)c4n3)ccc21. The van der Waals surface area contributed by atoms with Crippen molar-refractivity contribution < 1.29 is 24.1 Å². The van der Waals surface area contributed by atoms with Gasteiger partial charge in [0.1, 0.15) is 24.7 Å². The van der Waals surface area contributed by atoms with Gasteiger partial charge in [0.25, 0.3) is 0 Å². The lowest BCUT2D eigenvalue weighted by Gasteiger charge is -2.08. The molecule has 7 heteroatoms. The molecule has 4 aromatic rings. The Morgan fingerprint density at radius 2 is 1.97 bits per heavy atom. The summed E-state index contributed by atoms with van der Waals surface area (Å²) < 4.78 is 19.5. The Hall–Kier alpha value is -4.00. The fourth-order valence-electron chi connectivity index (χ4n) is 3.84. The van der Waals surface area contributed by atoms with Crippen LogP contribution in [-0.2, 0) is 18.0 Å². The third kappa shape index (κ3) is 4.23. The number of hydrogen-bond acceptors (Lipinski definition) is 5. The van der Waals surface area contributed by atoms with Gasteiger partial charge in [0.05, 0.1) is 18.7 Å². The third-order valence-electron chi connectivity index (χ3n) is 5.41. The number of carboxylic acids is 1. The van der Waals surface area contributed by atoms with E-state index in [9.17, 15) is 4.79 Å². The maximum absolute atomic E-state index is 11.0. The number of carboxylic acid groups (broad SMARTS) is 1. The molecule has 1 N–H and O–H groups in total. The highest BCUT2D eigenvalue weighted by Gasteiger charge is 2.26. The quantitative estimate of drug-likeness (QED) is 0.445. The van der Waals surface area contributed by atoms with Gasteiger partial charge >= 0.3 is 5.97 Å². The van der Waals surface area contributed by atoms with Crippen molar-refractivity contribution in [2.75, 3.05) is 6.61 Å². The van der Waals surface area contributed by atoms with E-state index in [1.165, 1.54) is 0 Å². The lowest BCUT2D eigenvalue weighted by molar-refractivity contribution is -0.137. The molecule has 0 radical (unpaired) electrons. The minimum atomic E-state index is -0.828. The van der Waals surface area contributed by atoms with Gasteiger partial charge in [-0.1, -0.05) is 36.4 Å². The summed E-state index contributed by atoms with van der Waals surface area (Å²) in [7, 11) is 0. The van der Waals surface area contributed by atoms with Crippen LogP contribution in [0.1, 0.15) is 29.2 Å². The van der Waals surface area contributed by atoms with Crippen molar-refractivity contribution in [3.05, 3.63) is 89.9 Å². The summed E-state index contributed by atoms with van der Waals surface area (Å²) in [5, 5.41) is 9.04. The van der Waals surface area contributed by atoms with Gasteiger partial charge < -0.3 is 23.7 Å². The molecule has 32 heavy (non-hydrogen) atoms. The second-order valence-corrected chi connectivity index (χ2v) is 7.70. The highest BCUT2D eigenvalue weighted by atomic mass is 16.5. The van der Waals surface area contributed by atoms with Crippen molar-refractivity contribution in [1.82, 2.24) is 9.38 Å². The lowest BCUT2D eigenvalue weighted by atomic mass is 9.98. The molecule has 0 bridgehead atoms. The van der Waals surface area contributed by atoms with E-state index in [-0.39, 0.29) is 18.9 Å². The molecule has 3 heterocycles.